The fourth-order valence-corrected chi connectivity index (χ4v) is 3.71. The Morgan fingerprint density at radius 1 is 1.18 bits per heavy atom. The SMILES string of the molecule is CCOC1CC(N)(C(=O)Nc2cccc(COc3ccccc3)c2C)C1(C)C. The predicted molar refractivity (Wildman–Crippen MR) is 111 cm³/mol. The number of hydrogen-bond donors (Lipinski definition) is 2. The maximum Gasteiger partial charge on any atom is 0.245 e. The molecule has 28 heavy (non-hydrogen) atoms. The molecular formula is C23H30N2O3. The van der Waals surface area contributed by atoms with Crippen LogP contribution >= 0.6 is 0 Å². The summed E-state index contributed by atoms with van der Waals surface area (Å²) in [7, 11) is 0. The summed E-state index contributed by atoms with van der Waals surface area (Å²) in [6, 6.07) is 15.5. The van der Waals surface area contributed by atoms with E-state index in [2.05, 4.69) is 5.32 Å². The fraction of sp³-hybridized carbons (Fsp3) is 0.435. The minimum Gasteiger partial charge on any atom is -0.489 e. The van der Waals surface area contributed by atoms with Gasteiger partial charge in [0, 0.05) is 24.1 Å². The maximum atomic E-state index is 13.0. The van der Waals surface area contributed by atoms with Gasteiger partial charge in [0.05, 0.1) is 6.10 Å². The number of rotatable bonds is 7. The van der Waals surface area contributed by atoms with Crippen molar-refractivity contribution in [1.82, 2.24) is 0 Å². The third-order valence-electron chi connectivity index (χ3n) is 6.07. The molecule has 1 amide bonds. The van der Waals surface area contributed by atoms with Crippen LogP contribution in [0.4, 0.5) is 5.69 Å². The number of nitrogens with two attached hydrogens (primary N) is 1. The molecule has 0 spiro atoms. The molecule has 2 unspecified atom stereocenters. The van der Waals surface area contributed by atoms with E-state index >= 15 is 0 Å². The maximum absolute atomic E-state index is 13.0. The van der Waals surface area contributed by atoms with E-state index in [0.717, 1.165) is 22.6 Å². The summed E-state index contributed by atoms with van der Waals surface area (Å²) in [5.74, 6) is 0.646. The Hall–Kier alpha value is -2.37. The van der Waals surface area contributed by atoms with Crippen molar-refractivity contribution in [2.75, 3.05) is 11.9 Å². The van der Waals surface area contributed by atoms with Gasteiger partial charge in [0.1, 0.15) is 17.9 Å². The van der Waals surface area contributed by atoms with Crippen molar-refractivity contribution in [3.05, 3.63) is 59.7 Å². The molecule has 1 saturated carbocycles. The molecule has 5 heteroatoms. The summed E-state index contributed by atoms with van der Waals surface area (Å²) >= 11 is 0. The van der Waals surface area contributed by atoms with Crippen molar-refractivity contribution >= 4 is 11.6 Å². The van der Waals surface area contributed by atoms with E-state index < -0.39 is 11.0 Å². The van der Waals surface area contributed by atoms with Crippen molar-refractivity contribution in [3.63, 3.8) is 0 Å². The van der Waals surface area contributed by atoms with Crippen molar-refractivity contribution in [2.45, 2.75) is 52.4 Å². The third kappa shape index (κ3) is 3.64. The van der Waals surface area contributed by atoms with Crippen LogP contribution in [0.15, 0.2) is 48.5 Å². The molecule has 1 aliphatic carbocycles. The van der Waals surface area contributed by atoms with Crippen LogP contribution < -0.4 is 15.8 Å². The molecule has 3 rings (SSSR count). The highest BCUT2D eigenvalue weighted by molar-refractivity contribution is 6.00. The van der Waals surface area contributed by atoms with Crippen LogP contribution in [0, 0.1) is 12.3 Å². The Morgan fingerprint density at radius 3 is 2.54 bits per heavy atom. The number of carbonyl (C=O) groups is 1. The minimum atomic E-state index is -0.949. The van der Waals surface area contributed by atoms with Crippen molar-refractivity contribution in [2.24, 2.45) is 11.1 Å². The number of anilines is 1. The lowest BCUT2D eigenvalue weighted by Gasteiger charge is -2.57. The molecule has 0 bridgehead atoms. The van der Waals surface area contributed by atoms with E-state index in [1.165, 1.54) is 0 Å². The van der Waals surface area contributed by atoms with E-state index in [0.29, 0.717) is 19.6 Å². The van der Waals surface area contributed by atoms with Gasteiger partial charge in [-0.3, -0.25) is 4.79 Å². The van der Waals surface area contributed by atoms with Gasteiger partial charge in [-0.2, -0.15) is 0 Å². The Balaban J connectivity index is 1.70. The first-order valence-corrected chi connectivity index (χ1v) is 9.78. The molecule has 0 heterocycles. The lowest BCUT2D eigenvalue weighted by molar-refractivity contribution is -0.166. The molecule has 150 valence electrons. The van der Waals surface area contributed by atoms with E-state index in [9.17, 15) is 4.79 Å². The van der Waals surface area contributed by atoms with Gasteiger partial charge < -0.3 is 20.5 Å². The standard InChI is InChI=1S/C23H30N2O3/c1-5-27-20-14-23(24,22(20,3)4)21(26)25-19-13-9-10-17(16(19)2)15-28-18-11-7-6-8-12-18/h6-13,20H,5,14-15,24H2,1-4H3,(H,25,26). The summed E-state index contributed by atoms with van der Waals surface area (Å²) < 4.78 is 11.6. The average molecular weight is 383 g/mol. The first-order valence-electron chi connectivity index (χ1n) is 9.78. The second-order valence-electron chi connectivity index (χ2n) is 7.99. The predicted octanol–water partition coefficient (Wildman–Crippen LogP) is 4.05. The summed E-state index contributed by atoms with van der Waals surface area (Å²) in [5, 5.41) is 3.03. The van der Waals surface area contributed by atoms with Crippen LogP contribution in [0.3, 0.4) is 0 Å². The molecule has 0 saturated heterocycles. The van der Waals surface area contributed by atoms with Gasteiger partial charge in [0.15, 0.2) is 0 Å². The highest BCUT2D eigenvalue weighted by Gasteiger charge is 2.62. The highest BCUT2D eigenvalue weighted by Crippen LogP contribution is 2.50. The highest BCUT2D eigenvalue weighted by atomic mass is 16.5. The topological polar surface area (TPSA) is 73.6 Å². The van der Waals surface area contributed by atoms with Crippen LogP contribution in [0.5, 0.6) is 5.75 Å². The monoisotopic (exact) mass is 382 g/mol. The van der Waals surface area contributed by atoms with E-state index in [-0.39, 0.29) is 12.0 Å². The number of benzene rings is 2. The molecule has 2 aromatic rings. The molecule has 5 nitrogen and oxygen atoms in total. The van der Waals surface area contributed by atoms with Gasteiger partial charge in [0.2, 0.25) is 5.91 Å². The van der Waals surface area contributed by atoms with Crippen molar-refractivity contribution in [3.8, 4) is 5.75 Å². The zero-order valence-electron chi connectivity index (χ0n) is 17.1. The van der Waals surface area contributed by atoms with E-state index in [1.807, 2.05) is 76.2 Å². The number of nitrogens with one attached hydrogen (secondary N) is 1. The van der Waals surface area contributed by atoms with E-state index in [4.69, 9.17) is 15.2 Å². The molecule has 1 aliphatic rings. The summed E-state index contributed by atoms with van der Waals surface area (Å²) in [4.78, 5) is 13.0. The number of carbonyl (C=O) groups excluding carboxylic acids is 1. The van der Waals surface area contributed by atoms with Crippen LogP contribution in [-0.4, -0.2) is 24.2 Å². The average Bonchev–Trinajstić information content (AvgIpc) is 2.69. The first kappa shape index (κ1) is 20.4. The lowest BCUT2D eigenvalue weighted by Crippen LogP contribution is -2.74. The van der Waals surface area contributed by atoms with Crippen LogP contribution in [0.2, 0.25) is 0 Å². The van der Waals surface area contributed by atoms with Crippen molar-refractivity contribution in [1.29, 1.82) is 0 Å². The van der Waals surface area contributed by atoms with Gasteiger partial charge in [-0.25, -0.2) is 0 Å². The molecule has 0 aliphatic heterocycles. The summed E-state index contributed by atoms with van der Waals surface area (Å²) in [5.41, 5.74) is 7.89. The molecule has 0 radical (unpaired) electrons. The Labute approximate surface area is 167 Å². The largest absolute Gasteiger partial charge is 0.489 e. The third-order valence-corrected chi connectivity index (χ3v) is 6.07. The van der Waals surface area contributed by atoms with Gasteiger partial charge in [-0.15, -0.1) is 0 Å². The molecule has 2 atom stereocenters. The first-order chi connectivity index (χ1) is 13.3. The molecule has 1 fully saturated rings. The number of amides is 1. The van der Waals surface area contributed by atoms with E-state index in [1.54, 1.807) is 0 Å². The molecule has 0 aromatic heterocycles. The Kier molecular flexibility index (Phi) is 5.77. The van der Waals surface area contributed by atoms with Crippen molar-refractivity contribution < 1.29 is 14.3 Å². The Morgan fingerprint density at radius 2 is 1.89 bits per heavy atom. The van der Waals surface area contributed by atoms with Crippen LogP contribution in [0.25, 0.3) is 0 Å². The molecule has 3 N–H and O–H groups in total. The van der Waals surface area contributed by atoms with Gasteiger partial charge in [0.25, 0.3) is 0 Å². The smallest absolute Gasteiger partial charge is 0.245 e. The zero-order chi connectivity index (χ0) is 20.4. The lowest BCUT2D eigenvalue weighted by atomic mass is 9.54. The number of hydrogen-bond acceptors (Lipinski definition) is 4. The van der Waals surface area contributed by atoms with Gasteiger partial charge >= 0.3 is 0 Å². The van der Waals surface area contributed by atoms with Gasteiger partial charge in [-0.1, -0.05) is 44.2 Å². The quantitative estimate of drug-likeness (QED) is 0.758. The zero-order valence-corrected chi connectivity index (χ0v) is 17.1. The summed E-state index contributed by atoms with van der Waals surface area (Å²) in [6.45, 7) is 8.98. The molecular weight excluding hydrogens is 352 g/mol. The minimum absolute atomic E-state index is 0.0000429. The number of ether oxygens (including phenoxy) is 2. The van der Waals surface area contributed by atoms with Gasteiger partial charge in [-0.05, 0) is 43.2 Å². The fourth-order valence-electron chi connectivity index (χ4n) is 3.71. The second-order valence-corrected chi connectivity index (χ2v) is 7.99. The number of para-hydroxylation sites is 1. The normalized spacial score (nSPS) is 23.0. The van der Waals surface area contributed by atoms with Crippen LogP contribution in [0.1, 0.15) is 38.3 Å². The van der Waals surface area contributed by atoms with Crippen LogP contribution in [-0.2, 0) is 16.1 Å². The molecule has 2 aromatic carbocycles. The second kappa shape index (κ2) is 7.94. The Bertz CT molecular complexity index is 835. The summed E-state index contributed by atoms with van der Waals surface area (Å²) in [6.07, 6.45) is 0.523.